The summed E-state index contributed by atoms with van der Waals surface area (Å²) in [4.78, 5) is 2.31. The lowest BCUT2D eigenvalue weighted by atomic mass is 10.3. The van der Waals surface area contributed by atoms with E-state index in [0.717, 1.165) is 34.4 Å². The number of ether oxygens (including phenoxy) is 1. The number of rotatable bonds is 9. The van der Waals surface area contributed by atoms with Crippen LogP contribution in [0.5, 0.6) is 0 Å². The molecule has 0 atom stereocenters. The monoisotopic (exact) mass is 349 g/mol. The van der Waals surface area contributed by atoms with Crippen molar-refractivity contribution in [1.29, 1.82) is 0 Å². The third-order valence-electron chi connectivity index (χ3n) is 2.89. The molecule has 0 bridgehead atoms. The summed E-state index contributed by atoms with van der Waals surface area (Å²) in [6.45, 7) is 8.52. The van der Waals surface area contributed by atoms with Crippen LogP contribution in [-0.4, -0.2) is 6.61 Å². The molecule has 1 aliphatic rings. The van der Waals surface area contributed by atoms with Crippen LogP contribution in [0, 0.1) is 12.3 Å². The molecule has 0 aromatic heterocycles. The minimum Gasteiger partial charge on any atom is -0.484 e. The van der Waals surface area contributed by atoms with Gasteiger partial charge in [-0.25, -0.2) is 0 Å². The van der Waals surface area contributed by atoms with E-state index in [1.54, 1.807) is 6.08 Å². The molecule has 1 aliphatic carbocycles. The van der Waals surface area contributed by atoms with Crippen molar-refractivity contribution in [2.45, 2.75) is 20.3 Å². The molecule has 1 nitrogen and oxygen atoms in total. The van der Waals surface area contributed by atoms with E-state index < -0.39 is 0 Å². The van der Waals surface area contributed by atoms with Gasteiger partial charge in [0.15, 0.2) is 10.7 Å². The van der Waals surface area contributed by atoms with Gasteiger partial charge in [0.1, 0.15) is 6.61 Å². The molecule has 0 radical (unpaired) electrons. The number of hydrogen-bond acceptors (Lipinski definition) is 1. The Morgan fingerprint density at radius 1 is 1.40 bits per heavy atom. The predicted octanol–water partition coefficient (Wildman–Crippen LogP) is 5.48. The Kier molecular flexibility index (Phi) is 10.5. The third-order valence-corrected chi connectivity index (χ3v) is 4.09. The van der Waals surface area contributed by atoms with Crippen molar-refractivity contribution in [1.82, 2.24) is 0 Å². The minimum absolute atomic E-state index is 0.476. The van der Waals surface area contributed by atoms with Crippen molar-refractivity contribution >= 4 is 11.8 Å². The first-order valence-electron chi connectivity index (χ1n) is 8.17. The average Bonchev–Trinajstić information content (AvgIpc) is 2.81. The Morgan fingerprint density at radius 2 is 2.24 bits per heavy atom. The second-order valence-electron chi connectivity index (χ2n) is 5.18. The van der Waals surface area contributed by atoms with E-state index in [9.17, 15) is 0 Å². The second-order valence-corrected chi connectivity index (χ2v) is 6.40. The summed E-state index contributed by atoms with van der Waals surface area (Å²) in [5.41, 5.74) is 4.14. The summed E-state index contributed by atoms with van der Waals surface area (Å²) < 4.78 is 5.90. The van der Waals surface area contributed by atoms with Gasteiger partial charge in [-0.3, -0.25) is 0 Å². The van der Waals surface area contributed by atoms with E-state index in [1.165, 1.54) is 4.91 Å². The topological polar surface area (TPSA) is 9.23 Å². The van der Waals surface area contributed by atoms with Crippen LogP contribution in [0.3, 0.4) is 0 Å². The van der Waals surface area contributed by atoms with Crippen LogP contribution in [0.25, 0.3) is 0 Å². The number of allylic oxidation sites excluding steroid dienone is 10. The molecule has 0 fully saturated rings. The summed E-state index contributed by atoms with van der Waals surface area (Å²) >= 11 is 1.09. The number of thiol groups is 1. The lowest BCUT2D eigenvalue weighted by Gasteiger charge is -2.04. The summed E-state index contributed by atoms with van der Waals surface area (Å²) in [6, 6.07) is 0. The molecule has 0 saturated carbocycles. The lowest BCUT2D eigenvalue weighted by Crippen LogP contribution is -1.97. The highest BCUT2D eigenvalue weighted by Crippen LogP contribution is 2.19. The largest absolute Gasteiger partial charge is 0.484 e. The summed E-state index contributed by atoms with van der Waals surface area (Å²) in [6.07, 6.45) is 27.5. The summed E-state index contributed by atoms with van der Waals surface area (Å²) in [5.74, 6) is 3.27. The maximum absolute atomic E-state index is 5.90. The van der Waals surface area contributed by atoms with Crippen molar-refractivity contribution in [3.63, 3.8) is 0 Å². The molecule has 0 aromatic rings. The van der Waals surface area contributed by atoms with Crippen LogP contribution in [0.2, 0.25) is 0 Å². The Morgan fingerprint density at radius 3 is 2.96 bits per heavy atom. The van der Waals surface area contributed by atoms with Gasteiger partial charge in [-0.15, -0.1) is 12.2 Å². The normalized spacial score (nSPS) is 14.7. The van der Waals surface area contributed by atoms with Gasteiger partial charge < -0.3 is 4.74 Å². The van der Waals surface area contributed by atoms with Crippen molar-refractivity contribution in [2.24, 2.45) is 0 Å². The Bertz CT molecular complexity index is 739. The Balaban J connectivity index is 2.91. The predicted molar refractivity (Wildman–Crippen MR) is 113 cm³/mol. The second kappa shape index (κ2) is 12.8. The number of hydrogen-bond donors (Lipinski definition) is 0. The fourth-order valence-corrected chi connectivity index (χ4v) is 2.89. The molecule has 0 aliphatic heterocycles. The van der Waals surface area contributed by atoms with Crippen LogP contribution in [0.4, 0.5) is 0 Å². The van der Waals surface area contributed by atoms with Gasteiger partial charge in [0.25, 0.3) is 0 Å². The zero-order chi connectivity index (χ0) is 18.3. The van der Waals surface area contributed by atoms with Crippen LogP contribution in [-0.2, 0) is 16.5 Å². The average molecular weight is 350 g/mol. The lowest BCUT2D eigenvalue weighted by molar-refractivity contribution is 0.261. The molecular weight excluding hydrogens is 324 g/mol. The maximum atomic E-state index is 5.90. The Labute approximate surface area is 156 Å². The van der Waals surface area contributed by atoms with Gasteiger partial charge in [0.2, 0.25) is 4.91 Å². The van der Waals surface area contributed by atoms with Gasteiger partial charge >= 0.3 is 0 Å². The molecule has 0 amide bonds. The highest BCUT2D eigenvalue weighted by Gasteiger charge is 2.15. The van der Waals surface area contributed by atoms with E-state index in [-0.39, 0.29) is 0 Å². The molecule has 0 heterocycles. The quantitative estimate of drug-likeness (QED) is 0.176. The smallest absolute Gasteiger partial charge is 0.200 e. The molecule has 0 spiro atoms. The van der Waals surface area contributed by atoms with Gasteiger partial charge in [-0.1, -0.05) is 43.2 Å². The van der Waals surface area contributed by atoms with E-state index in [4.69, 9.17) is 11.2 Å². The molecule has 0 N–H and O–H groups in total. The van der Waals surface area contributed by atoms with E-state index >= 15 is 0 Å². The van der Waals surface area contributed by atoms with E-state index in [1.807, 2.05) is 49.5 Å². The molecule has 2 heteroatoms. The first-order valence-corrected chi connectivity index (χ1v) is 9.06. The summed E-state index contributed by atoms with van der Waals surface area (Å²) in [5, 5.41) is 0. The molecule has 0 saturated heterocycles. The van der Waals surface area contributed by atoms with Gasteiger partial charge in [-0.2, -0.15) is 0 Å². The highest BCUT2D eigenvalue weighted by atomic mass is 32.2. The van der Waals surface area contributed by atoms with Gasteiger partial charge in [0.05, 0.1) is 11.8 Å². The van der Waals surface area contributed by atoms with E-state index in [0.29, 0.717) is 6.61 Å². The molecule has 128 valence electrons. The highest BCUT2D eigenvalue weighted by molar-refractivity contribution is 7.87. The van der Waals surface area contributed by atoms with Crippen molar-refractivity contribution in [2.75, 3.05) is 6.61 Å². The molecule has 0 unspecified atom stereocenters. The van der Waals surface area contributed by atoms with Crippen LogP contribution >= 0.6 is 0 Å². The fraction of sp³-hybridized carbons (Fsp3) is 0.174. The minimum atomic E-state index is 0.476. The number of terminal acetylenes is 1. The zero-order valence-electron chi connectivity index (χ0n) is 14.9. The van der Waals surface area contributed by atoms with Crippen molar-refractivity contribution in [3.05, 3.63) is 100 Å². The van der Waals surface area contributed by atoms with E-state index in [2.05, 4.69) is 43.4 Å². The zero-order valence-corrected chi connectivity index (χ0v) is 15.8. The first kappa shape index (κ1) is 20.5. The third kappa shape index (κ3) is 9.33. The van der Waals surface area contributed by atoms with Crippen molar-refractivity contribution in [3.8, 4) is 12.3 Å². The maximum Gasteiger partial charge on any atom is 0.200 e. The molecule has 25 heavy (non-hydrogen) atoms. The molecular formula is C23H25OS+. The molecule has 0 aromatic carbocycles. The SMILES string of the molecule is C#C/C=C\C=C/COC1=C([SH+]C(/C=C\C(=C)C)=C/CC)C=CC=C=C1. The first-order chi connectivity index (χ1) is 12.2. The fourth-order valence-electron chi connectivity index (χ4n) is 1.79. The summed E-state index contributed by atoms with van der Waals surface area (Å²) in [7, 11) is 0. The van der Waals surface area contributed by atoms with Gasteiger partial charge in [-0.05, 0) is 55.9 Å². The van der Waals surface area contributed by atoms with Crippen molar-refractivity contribution < 1.29 is 4.74 Å². The van der Waals surface area contributed by atoms with Crippen LogP contribution in [0.1, 0.15) is 20.3 Å². The Hall–Kier alpha value is -2.59. The molecule has 1 rings (SSSR count). The van der Waals surface area contributed by atoms with Crippen LogP contribution < -0.4 is 0 Å². The standard InChI is InChI=1S/C23H24OS/c1-5-7-8-9-13-19-24-22-15-11-10-12-16-23(22)25-21(14-6-2)18-17-20(3)4/h1,7-10,12-18H,3,6,19H2,2,4H3/p+1/b8-7-,13-9-,18-17-,21-14+. The van der Waals surface area contributed by atoms with Crippen LogP contribution in [0.15, 0.2) is 100 Å². The van der Waals surface area contributed by atoms with Gasteiger partial charge in [0, 0.05) is 6.08 Å².